The molecule has 1 heterocycles. The molecule has 0 aromatic heterocycles. The molecule has 5 nitrogen and oxygen atoms in total. The fourth-order valence-electron chi connectivity index (χ4n) is 1.91. The summed E-state index contributed by atoms with van der Waals surface area (Å²) in [6.45, 7) is 5.05. The molecule has 1 rings (SSSR count). The van der Waals surface area contributed by atoms with Gasteiger partial charge < -0.3 is 14.6 Å². The lowest BCUT2D eigenvalue weighted by molar-refractivity contribution is -0.143. The van der Waals surface area contributed by atoms with Crippen molar-refractivity contribution in [2.45, 2.75) is 13.0 Å². The molecule has 0 radical (unpaired) electrons. The molecule has 0 saturated carbocycles. The minimum absolute atomic E-state index is 0.0114. The topological polar surface area (TPSA) is 59.0 Å². The minimum atomic E-state index is -0.770. The van der Waals surface area contributed by atoms with Crippen molar-refractivity contribution in [3.63, 3.8) is 0 Å². The fraction of sp³-hybridized carbons (Fsp3) is 0.900. The van der Waals surface area contributed by atoms with Crippen LogP contribution in [0.15, 0.2) is 0 Å². The van der Waals surface area contributed by atoms with Gasteiger partial charge in [-0.2, -0.15) is 0 Å². The first-order chi connectivity index (χ1) is 7.20. The number of hydrogen-bond donors (Lipinski definition) is 1. The van der Waals surface area contributed by atoms with E-state index in [1.165, 1.54) is 0 Å². The predicted octanol–water partition coefficient (Wildman–Crippen LogP) is 0.0543. The van der Waals surface area contributed by atoms with E-state index in [9.17, 15) is 4.79 Å². The Kier molecular flexibility index (Phi) is 5.01. The van der Waals surface area contributed by atoms with Crippen LogP contribution < -0.4 is 0 Å². The van der Waals surface area contributed by atoms with Crippen LogP contribution in [0.1, 0.15) is 6.92 Å². The molecule has 0 amide bonds. The molecule has 0 spiro atoms. The Balaban J connectivity index is 2.53. The van der Waals surface area contributed by atoms with Gasteiger partial charge in [-0.05, 0) is 6.54 Å². The largest absolute Gasteiger partial charge is 0.481 e. The zero-order valence-electron chi connectivity index (χ0n) is 9.31. The average molecular weight is 217 g/mol. The van der Waals surface area contributed by atoms with E-state index in [0.29, 0.717) is 19.8 Å². The third-order valence-electron chi connectivity index (χ3n) is 2.83. The Hall–Kier alpha value is -0.650. The standard InChI is InChI=1S/C10H19NO4/c1-3-11(4-5-14-2)9-7-15-6-8(9)10(12)13/h8-9H,3-7H2,1-2H3,(H,12,13). The highest BCUT2D eigenvalue weighted by atomic mass is 16.5. The van der Waals surface area contributed by atoms with Crippen molar-refractivity contribution in [2.24, 2.45) is 5.92 Å². The molecule has 1 aliphatic rings. The highest BCUT2D eigenvalue weighted by Gasteiger charge is 2.37. The lowest BCUT2D eigenvalue weighted by atomic mass is 10.0. The molecule has 5 heteroatoms. The summed E-state index contributed by atoms with van der Waals surface area (Å²) in [5, 5.41) is 9.02. The summed E-state index contributed by atoms with van der Waals surface area (Å²) >= 11 is 0. The quantitative estimate of drug-likeness (QED) is 0.681. The van der Waals surface area contributed by atoms with Crippen LogP contribution in [0, 0.1) is 5.92 Å². The zero-order chi connectivity index (χ0) is 11.3. The van der Waals surface area contributed by atoms with Gasteiger partial charge in [0.05, 0.1) is 25.7 Å². The van der Waals surface area contributed by atoms with E-state index in [0.717, 1.165) is 13.1 Å². The number of methoxy groups -OCH3 is 1. The summed E-state index contributed by atoms with van der Waals surface area (Å²) in [7, 11) is 1.65. The second-order valence-electron chi connectivity index (χ2n) is 3.67. The smallest absolute Gasteiger partial charge is 0.310 e. The van der Waals surface area contributed by atoms with Crippen molar-refractivity contribution in [3.05, 3.63) is 0 Å². The van der Waals surface area contributed by atoms with Crippen molar-refractivity contribution in [1.82, 2.24) is 4.90 Å². The molecule has 88 valence electrons. The number of carbonyl (C=O) groups is 1. The van der Waals surface area contributed by atoms with E-state index in [-0.39, 0.29) is 6.04 Å². The maximum atomic E-state index is 11.0. The molecule has 15 heavy (non-hydrogen) atoms. The second-order valence-corrected chi connectivity index (χ2v) is 3.67. The Morgan fingerprint density at radius 1 is 1.60 bits per heavy atom. The van der Waals surface area contributed by atoms with Gasteiger partial charge in [0.15, 0.2) is 0 Å². The Labute approximate surface area is 90.0 Å². The van der Waals surface area contributed by atoms with Crippen LogP contribution in [0.25, 0.3) is 0 Å². The highest BCUT2D eigenvalue weighted by Crippen LogP contribution is 2.19. The normalized spacial score (nSPS) is 26.1. The molecule has 0 aromatic rings. The number of likely N-dealkylation sites (N-methyl/N-ethyl adjacent to an activating group) is 1. The van der Waals surface area contributed by atoms with Crippen LogP contribution in [-0.2, 0) is 14.3 Å². The van der Waals surface area contributed by atoms with Crippen LogP contribution in [0.4, 0.5) is 0 Å². The molecule has 0 aromatic carbocycles. The monoisotopic (exact) mass is 217 g/mol. The number of carboxylic acids is 1. The van der Waals surface area contributed by atoms with Crippen molar-refractivity contribution < 1.29 is 19.4 Å². The van der Waals surface area contributed by atoms with E-state index in [1.54, 1.807) is 7.11 Å². The first kappa shape index (κ1) is 12.4. The van der Waals surface area contributed by atoms with Crippen molar-refractivity contribution in [1.29, 1.82) is 0 Å². The first-order valence-corrected chi connectivity index (χ1v) is 5.24. The number of carboxylic acid groups (broad SMARTS) is 1. The van der Waals surface area contributed by atoms with Crippen molar-refractivity contribution in [2.75, 3.05) is 40.0 Å². The Morgan fingerprint density at radius 3 is 2.87 bits per heavy atom. The SMILES string of the molecule is CCN(CCOC)C1COCC1C(=O)O. The lowest BCUT2D eigenvalue weighted by Crippen LogP contribution is -2.44. The van der Waals surface area contributed by atoms with Gasteiger partial charge in [0.25, 0.3) is 0 Å². The number of nitrogens with zero attached hydrogens (tertiary/aromatic N) is 1. The average Bonchev–Trinajstić information content (AvgIpc) is 2.68. The van der Waals surface area contributed by atoms with Gasteiger partial charge in [0, 0.05) is 19.7 Å². The van der Waals surface area contributed by atoms with Gasteiger partial charge in [-0.15, -0.1) is 0 Å². The summed E-state index contributed by atoms with van der Waals surface area (Å²) in [5.41, 5.74) is 0. The highest BCUT2D eigenvalue weighted by molar-refractivity contribution is 5.71. The van der Waals surface area contributed by atoms with Gasteiger partial charge in [-0.25, -0.2) is 0 Å². The molecule has 1 fully saturated rings. The Bertz CT molecular complexity index is 210. The maximum absolute atomic E-state index is 11.0. The van der Waals surface area contributed by atoms with Crippen molar-refractivity contribution >= 4 is 5.97 Å². The van der Waals surface area contributed by atoms with Crippen LogP contribution in [0.5, 0.6) is 0 Å². The van der Waals surface area contributed by atoms with E-state index in [1.807, 2.05) is 6.92 Å². The summed E-state index contributed by atoms with van der Waals surface area (Å²) in [6, 6.07) is -0.0114. The van der Waals surface area contributed by atoms with Crippen molar-refractivity contribution in [3.8, 4) is 0 Å². The van der Waals surface area contributed by atoms with Crippen LogP contribution >= 0.6 is 0 Å². The first-order valence-electron chi connectivity index (χ1n) is 5.24. The summed E-state index contributed by atoms with van der Waals surface area (Å²) < 4.78 is 10.2. The molecule has 1 N–H and O–H groups in total. The van der Waals surface area contributed by atoms with Crippen LogP contribution in [0.2, 0.25) is 0 Å². The predicted molar refractivity (Wildman–Crippen MR) is 54.9 cm³/mol. The maximum Gasteiger partial charge on any atom is 0.310 e. The molecule has 0 bridgehead atoms. The molecule has 2 unspecified atom stereocenters. The summed E-state index contributed by atoms with van der Waals surface area (Å²) in [6.07, 6.45) is 0. The molecule has 1 aliphatic heterocycles. The van der Waals surface area contributed by atoms with Crippen LogP contribution in [-0.4, -0.2) is 62.0 Å². The third-order valence-corrected chi connectivity index (χ3v) is 2.83. The number of rotatable bonds is 6. The van der Waals surface area contributed by atoms with Crippen LogP contribution in [0.3, 0.4) is 0 Å². The van der Waals surface area contributed by atoms with E-state index in [2.05, 4.69) is 4.90 Å². The van der Waals surface area contributed by atoms with Gasteiger partial charge in [0.1, 0.15) is 0 Å². The fourth-order valence-corrected chi connectivity index (χ4v) is 1.91. The van der Waals surface area contributed by atoms with Gasteiger partial charge in [0.2, 0.25) is 0 Å². The van der Waals surface area contributed by atoms with Gasteiger partial charge >= 0.3 is 5.97 Å². The minimum Gasteiger partial charge on any atom is -0.481 e. The van der Waals surface area contributed by atoms with Gasteiger partial charge in [-0.1, -0.05) is 6.92 Å². The van der Waals surface area contributed by atoms with Gasteiger partial charge in [-0.3, -0.25) is 9.69 Å². The number of ether oxygens (including phenoxy) is 2. The number of hydrogen-bond acceptors (Lipinski definition) is 4. The molecule has 0 aliphatic carbocycles. The van der Waals surface area contributed by atoms with E-state index < -0.39 is 11.9 Å². The summed E-state index contributed by atoms with van der Waals surface area (Å²) in [5.74, 6) is -1.17. The second kappa shape index (κ2) is 6.05. The lowest BCUT2D eigenvalue weighted by Gasteiger charge is -2.28. The summed E-state index contributed by atoms with van der Waals surface area (Å²) in [4.78, 5) is 13.1. The van der Waals surface area contributed by atoms with E-state index in [4.69, 9.17) is 14.6 Å². The third kappa shape index (κ3) is 3.15. The molecular weight excluding hydrogens is 198 g/mol. The molecule has 2 atom stereocenters. The number of aliphatic carboxylic acids is 1. The molecular formula is C10H19NO4. The zero-order valence-corrected chi connectivity index (χ0v) is 9.31. The molecule has 1 saturated heterocycles. The van der Waals surface area contributed by atoms with E-state index >= 15 is 0 Å². The Morgan fingerprint density at radius 2 is 2.33 bits per heavy atom.